The Morgan fingerprint density at radius 3 is 3.00 bits per heavy atom. The van der Waals surface area contributed by atoms with Gasteiger partial charge in [0.1, 0.15) is 0 Å². The fourth-order valence-corrected chi connectivity index (χ4v) is 3.13. The van der Waals surface area contributed by atoms with E-state index in [1.807, 2.05) is 10.9 Å². The van der Waals surface area contributed by atoms with Gasteiger partial charge in [-0.25, -0.2) is 0 Å². The molecule has 1 aromatic heterocycles. The highest BCUT2D eigenvalue weighted by atomic mass is 79.9. The SMILES string of the molecule is CCn1ncc(Br)c1C(CC1=CCCCC1)NN. The lowest BCUT2D eigenvalue weighted by Gasteiger charge is -2.21. The maximum absolute atomic E-state index is 5.73. The fraction of sp³-hybridized carbons (Fsp3) is 0.615. The molecule has 18 heavy (non-hydrogen) atoms. The van der Waals surface area contributed by atoms with Gasteiger partial charge in [-0.15, -0.1) is 0 Å². The van der Waals surface area contributed by atoms with E-state index in [2.05, 4.69) is 39.5 Å². The van der Waals surface area contributed by atoms with Crippen LogP contribution in [-0.4, -0.2) is 9.78 Å². The fourth-order valence-electron chi connectivity index (χ4n) is 2.56. The van der Waals surface area contributed by atoms with Crippen molar-refractivity contribution < 1.29 is 0 Å². The zero-order valence-corrected chi connectivity index (χ0v) is 12.4. The second-order valence-corrected chi connectivity index (χ2v) is 5.58. The molecule has 0 fully saturated rings. The van der Waals surface area contributed by atoms with Crippen molar-refractivity contribution in [3.05, 3.63) is 28.0 Å². The second-order valence-electron chi connectivity index (χ2n) is 4.73. The lowest BCUT2D eigenvalue weighted by Crippen LogP contribution is -2.30. The van der Waals surface area contributed by atoms with E-state index >= 15 is 0 Å². The van der Waals surface area contributed by atoms with E-state index in [9.17, 15) is 0 Å². The maximum Gasteiger partial charge on any atom is 0.0712 e. The first-order chi connectivity index (χ1) is 8.76. The van der Waals surface area contributed by atoms with Gasteiger partial charge in [-0.2, -0.15) is 5.10 Å². The predicted octanol–water partition coefficient (Wildman–Crippen LogP) is 3.06. The first kappa shape index (κ1) is 13.8. The Hall–Kier alpha value is -0.650. The van der Waals surface area contributed by atoms with E-state index in [0.29, 0.717) is 0 Å². The van der Waals surface area contributed by atoms with Gasteiger partial charge in [-0.3, -0.25) is 16.0 Å². The molecular formula is C13H21BrN4. The molecule has 4 nitrogen and oxygen atoms in total. The van der Waals surface area contributed by atoms with Gasteiger partial charge in [0, 0.05) is 6.54 Å². The monoisotopic (exact) mass is 312 g/mol. The number of nitrogens with one attached hydrogen (secondary N) is 1. The van der Waals surface area contributed by atoms with E-state index in [1.165, 1.54) is 31.3 Å². The van der Waals surface area contributed by atoms with Crippen molar-refractivity contribution in [2.45, 2.75) is 51.6 Å². The second kappa shape index (κ2) is 6.50. The molecule has 0 amide bonds. The molecule has 1 atom stereocenters. The van der Waals surface area contributed by atoms with Gasteiger partial charge in [0.15, 0.2) is 0 Å². The molecule has 1 heterocycles. The molecule has 1 aromatic rings. The molecule has 0 bridgehead atoms. The lowest BCUT2D eigenvalue weighted by atomic mass is 9.93. The molecule has 0 spiro atoms. The van der Waals surface area contributed by atoms with E-state index in [-0.39, 0.29) is 6.04 Å². The molecule has 1 aliphatic rings. The Kier molecular flexibility index (Phi) is 4.97. The molecule has 0 radical (unpaired) electrons. The summed E-state index contributed by atoms with van der Waals surface area (Å²) in [5, 5.41) is 4.35. The van der Waals surface area contributed by atoms with E-state index in [0.717, 1.165) is 23.1 Å². The van der Waals surface area contributed by atoms with Crippen LogP contribution >= 0.6 is 15.9 Å². The van der Waals surface area contributed by atoms with Crippen molar-refractivity contribution in [1.82, 2.24) is 15.2 Å². The smallest absolute Gasteiger partial charge is 0.0712 e. The first-order valence-corrected chi connectivity index (χ1v) is 7.40. The Bertz CT molecular complexity index is 425. The van der Waals surface area contributed by atoms with Gasteiger partial charge in [-0.1, -0.05) is 11.6 Å². The van der Waals surface area contributed by atoms with Crippen LogP contribution in [0.5, 0.6) is 0 Å². The molecule has 0 saturated carbocycles. The van der Waals surface area contributed by atoms with Gasteiger partial charge >= 0.3 is 0 Å². The zero-order valence-electron chi connectivity index (χ0n) is 10.8. The molecule has 100 valence electrons. The van der Waals surface area contributed by atoms with Crippen LogP contribution in [0.1, 0.15) is 50.8 Å². The average Bonchev–Trinajstić information content (AvgIpc) is 2.78. The Morgan fingerprint density at radius 1 is 1.56 bits per heavy atom. The number of aryl methyl sites for hydroxylation is 1. The summed E-state index contributed by atoms with van der Waals surface area (Å²) in [6, 6.07) is 0.131. The molecular weight excluding hydrogens is 292 g/mol. The number of nitrogens with zero attached hydrogens (tertiary/aromatic N) is 2. The summed E-state index contributed by atoms with van der Waals surface area (Å²) in [6.45, 7) is 2.95. The van der Waals surface area contributed by atoms with Crippen LogP contribution in [0, 0.1) is 0 Å². The molecule has 1 unspecified atom stereocenters. The van der Waals surface area contributed by atoms with Crippen molar-refractivity contribution in [2.24, 2.45) is 5.84 Å². The Balaban J connectivity index is 2.16. The number of rotatable bonds is 5. The van der Waals surface area contributed by atoms with Gasteiger partial charge in [0.05, 0.1) is 22.4 Å². The van der Waals surface area contributed by atoms with Crippen molar-refractivity contribution in [2.75, 3.05) is 0 Å². The van der Waals surface area contributed by atoms with Crippen LogP contribution in [-0.2, 0) is 6.54 Å². The normalized spacial score (nSPS) is 17.6. The Morgan fingerprint density at radius 2 is 2.39 bits per heavy atom. The predicted molar refractivity (Wildman–Crippen MR) is 76.8 cm³/mol. The summed E-state index contributed by atoms with van der Waals surface area (Å²) in [7, 11) is 0. The van der Waals surface area contributed by atoms with Crippen molar-refractivity contribution in [3.63, 3.8) is 0 Å². The van der Waals surface area contributed by atoms with Crippen LogP contribution in [0.2, 0.25) is 0 Å². The van der Waals surface area contributed by atoms with Crippen molar-refractivity contribution in [3.8, 4) is 0 Å². The maximum atomic E-state index is 5.73. The van der Waals surface area contributed by atoms with Gasteiger partial charge in [-0.05, 0) is 55.0 Å². The minimum absolute atomic E-state index is 0.131. The highest BCUT2D eigenvalue weighted by molar-refractivity contribution is 9.10. The number of aromatic nitrogens is 2. The van der Waals surface area contributed by atoms with Crippen LogP contribution in [0.15, 0.2) is 22.3 Å². The lowest BCUT2D eigenvalue weighted by molar-refractivity contribution is 0.477. The van der Waals surface area contributed by atoms with Crippen LogP contribution in [0.25, 0.3) is 0 Å². The van der Waals surface area contributed by atoms with Crippen LogP contribution in [0.4, 0.5) is 0 Å². The molecule has 0 aliphatic heterocycles. The molecule has 3 N–H and O–H groups in total. The van der Waals surface area contributed by atoms with Crippen molar-refractivity contribution >= 4 is 15.9 Å². The highest BCUT2D eigenvalue weighted by Crippen LogP contribution is 2.30. The molecule has 0 aromatic carbocycles. The number of hydrogen-bond donors (Lipinski definition) is 2. The third kappa shape index (κ3) is 3.02. The number of hydrogen-bond acceptors (Lipinski definition) is 3. The van der Waals surface area contributed by atoms with E-state index in [4.69, 9.17) is 5.84 Å². The zero-order chi connectivity index (χ0) is 13.0. The topological polar surface area (TPSA) is 55.9 Å². The highest BCUT2D eigenvalue weighted by Gasteiger charge is 2.20. The third-order valence-corrected chi connectivity index (χ3v) is 4.13. The van der Waals surface area contributed by atoms with E-state index < -0.39 is 0 Å². The van der Waals surface area contributed by atoms with Crippen LogP contribution < -0.4 is 11.3 Å². The van der Waals surface area contributed by atoms with Gasteiger partial charge < -0.3 is 0 Å². The van der Waals surface area contributed by atoms with Crippen molar-refractivity contribution in [1.29, 1.82) is 0 Å². The summed E-state index contributed by atoms with van der Waals surface area (Å²) in [6.07, 6.45) is 10.2. The first-order valence-electron chi connectivity index (χ1n) is 6.61. The Labute approximate surface area is 117 Å². The minimum atomic E-state index is 0.131. The van der Waals surface area contributed by atoms with Gasteiger partial charge in [0.25, 0.3) is 0 Å². The van der Waals surface area contributed by atoms with E-state index in [1.54, 1.807) is 0 Å². The largest absolute Gasteiger partial charge is 0.271 e. The summed E-state index contributed by atoms with van der Waals surface area (Å²) in [5.74, 6) is 5.73. The third-order valence-electron chi connectivity index (χ3n) is 3.52. The number of halogens is 1. The molecule has 2 rings (SSSR count). The minimum Gasteiger partial charge on any atom is -0.271 e. The molecule has 5 heteroatoms. The summed E-state index contributed by atoms with van der Waals surface area (Å²) in [4.78, 5) is 0. The summed E-state index contributed by atoms with van der Waals surface area (Å²) < 4.78 is 3.03. The average molecular weight is 313 g/mol. The number of allylic oxidation sites excluding steroid dienone is 1. The van der Waals surface area contributed by atoms with Crippen LogP contribution in [0.3, 0.4) is 0 Å². The summed E-state index contributed by atoms with van der Waals surface area (Å²) in [5.41, 5.74) is 5.59. The quantitative estimate of drug-likeness (QED) is 0.499. The standard InChI is InChI=1S/C13H21BrN4/c1-2-18-13(11(14)9-16-18)12(17-15)8-10-6-4-3-5-7-10/h6,9,12,17H,2-5,7-8,15H2,1H3. The molecule has 0 saturated heterocycles. The molecule has 1 aliphatic carbocycles. The van der Waals surface area contributed by atoms with Gasteiger partial charge in [0.2, 0.25) is 0 Å². The number of nitrogens with two attached hydrogens (primary N) is 1. The number of hydrazine groups is 1. The summed E-state index contributed by atoms with van der Waals surface area (Å²) >= 11 is 3.57.